The van der Waals surface area contributed by atoms with Crippen LogP contribution < -0.4 is 10.1 Å². The zero-order valence-electron chi connectivity index (χ0n) is 17.6. The molecule has 0 aliphatic carbocycles. The summed E-state index contributed by atoms with van der Waals surface area (Å²) in [5, 5.41) is 12.4. The van der Waals surface area contributed by atoms with Gasteiger partial charge in [0, 0.05) is 28.8 Å². The molecule has 0 bridgehead atoms. The number of benzene rings is 2. The van der Waals surface area contributed by atoms with Gasteiger partial charge in [0.05, 0.1) is 6.10 Å². The van der Waals surface area contributed by atoms with Gasteiger partial charge in [0.2, 0.25) is 0 Å². The summed E-state index contributed by atoms with van der Waals surface area (Å²) in [4.78, 5) is 12.7. The maximum Gasteiger partial charge on any atom is 0.266 e. The molecule has 0 unspecified atom stereocenters. The predicted octanol–water partition coefficient (Wildman–Crippen LogP) is 5.43. The second-order valence-corrected chi connectivity index (χ2v) is 7.32. The van der Waals surface area contributed by atoms with Crippen molar-refractivity contribution in [1.29, 1.82) is 5.26 Å². The Kier molecular flexibility index (Phi) is 6.38. The van der Waals surface area contributed by atoms with Gasteiger partial charge in [-0.05, 0) is 69.7 Å². The van der Waals surface area contributed by atoms with Crippen LogP contribution >= 0.6 is 0 Å². The summed E-state index contributed by atoms with van der Waals surface area (Å²) in [6.07, 6.45) is 1.66. The first-order valence-electron chi connectivity index (χ1n) is 9.83. The van der Waals surface area contributed by atoms with Gasteiger partial charge in [0.25, 0.3) is 5.91 Å². The van der Waals surface area contributed by atoms with Crippen LogP contribution in [0.15, 0.2) is 66.2 Å². The van der Waals surface area contributed by atoms with Crippen LogP contribution in [0.2, 0.25) is 0 Å². The molecule has 1 aromatic heterocycles. The Morgan fingerprint density at radius 3 is 2.50 bits per heavy atom. The van der Waals surface area contributed by atoms with Crippen molar-refractivity contribution in [2.75, 3.05) is 5.32 Å². The fourth-order valence-corrected chi connectivity index (χ4v) is 3.33. The molecule has 0 aliphatic heterocycles. The second kappa shape index (κ2) is 9.15. The van der Waals surface area contributed by atoms with E-state index in [9.17, 15) is 10.1 Å². The Morgan fingerprint density at radius 2 is 1.83 bits per heavy atom. The van der Waals surface area contributed by atoms with E-state index in [-0.39, 0.29) is 11.7 Å². The van der Waals surface area contributed by atoms with Crippen molar-refractivity contribution in [3.63, 3.8) is 0 Å². The Hall–Kier alpha value is -3.78. The molecule has 3 rings (SSSR count). The fourth-order valence-electron chi connectivity index (χ4n) is 3.33. The molecular formula is C25H25N3O2. The van der Waals surface area contributed by atoms with Crippen LogP contribution in [-0.2, 0) is 4.79 Å². The first-order valence-corrected chi connectivity index (χ1v) is 9.83. The lowest BCUT2D eigenvalue weighted by Crippen LogP contribution is -2.14. The van der Waals surface area contributed by atoms with Crippen molar-refractivity contribution in [2.24, 2.45) is 0 Å². The Balaban J connectivity index is 1.86. The molecule has 0 aliphatic rings. The number of nitriles is 1. The SMILES string of the molecule is Cc1cc(/C=C(\C#N)C(=O)Nc2cccc(OC(C)C)c2)c(C)n1-c1ccccc1. The third-order valence-corrected chi connectivity index (χ3v) is 4.61. The van der Waals surface area contributed by atoms with E-state index in [1.54, 1.807) is 24.3 Å². The van der Waals surface area contributed by atoms with Crippen LogP contribution in [-0.4, -0.2) is 16.6 Å². The number of amides is 1. The summed E-state index contributed by atoms with van der Waals surface area (Å²) in [6.45, 7) is 7.86. The van der Waals surface area contributed by atoms with Crippen molar-refractivity contribution >= 4 is 17.7 Å². The summed E-state index contributed by atoms with van der Waals surface area (Å²) in [6, 6.07) is 21.1. The molecule has 0 saturated heterocycles. The molecule has 0 saturated carbocycles. The van der Waals surface area contributed by atoms with Gasteiger partial charge in [-0.1, -0.05) is 24.3 Å². The van der Waals surface area contributed by atoms with Gasteiger partial charge in [-0.15, -0.1) is 0 Å². The van der Waals surface area contributed by atoms with Gasteiger partial charge in [0.15, 0.2) is 0 Å². The Morgan fingerprint density at radius 1 is 1.10 bits per heavy atom. The average Bonchev–Trinajstić information content (AvgIpc) is 2.99. The lowest BCUT2D eigenvalue weighted by Gasteiger charge is -2.11. The smallest absolute Gasteiger partial charge is 0.266 e. The second-order valence-electron chi connectivity index (χ2n) is 7.32. The third kappa shape index (κ3) is 4.79. The Labute approximate surface area is 177 Å². The van der Waals surface area contributed by atoms with Gasteiger partial charge in [0.1, 0.15) is 17.4 Å². The van der Waals surface area contributed by atoms with Crippen LogP contribution in [0.5, 0.6) is 5.75 Å². The zero-order valence-corrected chi connectivity index (χ0v) is 17.6. The highest BCUT2D eigenvalue weighted by atomic mass is 16.5. The maximum absolute atomic E-state index is 12.7. The van der Waals surface area contributed by atoms with E-state index in [1.807, 2.05) is 76.2 Å². The van der Waals surface area contributed by atoms with Crippen LogP contribution in [0, 0.1) is 25.2 Å². The highest BCUT2D eigenvalue weighted by molar-refractivity contribution is 6.09. The summed E-state index contributed by atoms with van der Waals surface area (Å²) in [5.41, 5.74) is 4.48. The van der Waals surface area contributed by atoms with Crippen molar-refractivity contribution in [2.45, 2.75) is 33.8 Å². The van der Waals surface area contributed by atoms with E-state index in [0.29, 0.717) is 11.4 Å². The number of aryl methyl sites for hydroxylation is 1. The number of rotatable bonds is 6. The predicted molar refractivity (Wildman–Crippen MR) is 120 cm³/mol. The lowest BCUT2D eigenvalue weighted by molar-refractivity contribution is -0.112. The number of aromatic nitrogens is 1. The molecule has 30 heavy (non-hydrogen) atoms. The van der Waals surface area contributed by atoms with Gasteiger partial charge in [-0.3, -0.25) is 4.79 Å². The third-order valence-electron chi connectivity index (χ3n) is 4.61. The van der Waals surface area contributed by atoms with Crippen molar-refractivity contribution < 1.29 is 9.53 Å². The topological polar surface area (TPSA) is 67.1 Å². The van der Waals surface area contributed by atoms with E-state index in [1.165, 1.54) is 0 Å². The number of hydrogen-bond donors (Lipinski definition) is 1. The molecule has 152 valence electrons. The van der Waals surface area contributed by atoms with E-state index in [0.717, 1.165) is 22.6 Å². The number of anilines is 1. The number of carbonyl (C=O) groups is 1. The molecule has 0 radical (unpaired) electrons. The van der Waals surface area contributed by atoms with E-state index in [2.05, 4.69) is 9.88 Å². The molecule has 1 amide bonds. The average molecular weight is 399 g/mol. The lowest BCUT2D eigenvalue weighted by atomic mass is 10.1. The first kappa shape index (κ1) is 20.9. The number of para-hydroxylation sites is 1. The number of nitrogens with zero attached hydrogens (tertiary/aromatic N) is 2. The summed E-state index contributed by atoms with van der Waals surface area (Å²) in [5.74, 6) is 0.209. The largest absolute Gasteiger partial charge is 0.491 e. The number of ether oxygens (including phenoxy) is 1. The summed E-state index contributed by atoms with van der Waals surface area (Å²) in [7, 11) is 0. The van der Waals surface area contributed by atoms with Gasteiger partial charge < -0.3 is 14.6 Å². The standard InChI is InChI=1S/C25H25N3O2/c1-17(2)30-24-12-8-9-22(15-24)27-25(29)21(16-26)14-20-13-18(3)28(19(20)4)23-10-6-5-7-11-23/h5-15,17H,1-4H3,(H,27,29)/b21-14+. The minimum Gasteiger partial charge on any atom is -0.491 e. The normalized spacial score (nSPS) is 11.3. The minimum atomic E-state index is -0.455. The molecule has 3 aromatic rings. The summed E-state index contributed by atoms with van der Waals surface area (Å²) < 4.78 is 7.76. The summed E-state index contributed by atoms with van der Waals surface area (Å²) >= 11 is 0. The van der Waals surface area contributed by atoms with Gasteiger partial charge >= 0.3 is 0 Å². The minimum absolute atomic E-state index is 0.0328. The van der Waals surface area contributed by atoms with E-state index >= 15 is 0 Å². The first-order chi connectivity index (χ1) is 14.4. The van der Waals surface area contributed by atoms with Crippen molar-refractivity contribution in [3.05, 3.63) is 83.2 Å². The van der Waals surface area contributed by atoms with Gasteiger partial charge in [-0.25, -0.2) is 0 Å². The highest BCUT2D eigenvalue weighted by Crippen LogP contribution is 2.23. The molecule has 5 heteroatoms. The van der Waals surface area contributed by atoms with Crippen LogP contribution in [0.3, 0.4) is 0 Å². The molecule has 2 aromatic carbocycles. The molecule has 1 heterocycles. The van der Waals surface area contributed by atoms with E-state index < -0.39 is 5.91 Å². The van der Waals surface area contributed by atoms with E-state index in [4.69, 9.17) is 4.74 Å². The van der Waals surface area contributed by atoms with Gasteiger partial charge in [-0.2, -0.15) is 5.26 Å². The van der Waals surface area contributed by atoms with Crippen molar-refractivity contribution in [1.82, 2.24) is 4.57 Å². The number of carbonyl (C=O) groups excluding carboxylic acids is 1. The molecule has 1 N–H and O–H groups in total. The fraction of sp³-hybridized carbons (Fsp3) is 0.200. The quantitative estimate of drug-likeness (QED) is 0.444. The number of hydrogen-bond acceptors (Lipinski definition) is 3. The van der Waals surface area contributed by atoms with Crippen molar-refractivity contribution in [3.8, 4) is 17.5 Å². The molecule has 0 atom stereocenters. The Bertz CT molecular complexity index is 1120. The number of nitrogens with one attached hydrogen (secondary N) is 1. The molecule has 0 spiro atoms. The van der Waals surface area contributed by atoms with Crippen LogP contribution in [0.4, 0.5) is 5.69 Å². The molecular weight excluding hydrogens is 374 g/mol. The zero-order chi connectivity index (χ0) is 21.7. The monoisotopic (exact) mass is 399 g/mol. The van der Waals surface area contributed by atoms with Crippen LogP contribution in [0.1, 0.15) is 30.8 Å². The highest BCUT2D eigenvalue weighted by Gasteiger charge is 2.14. The molecule has 0 fully saturated rings. The maximum atomic E-state index is 12.7. The molecule has 5 nitrogen and oxygen atoms in total. The van der Waals surface area contributed by atoms with Crippen LogP contribution in [0.25, 0.3) is 11.8 Å².